The van der Waals surface area contributed by atoms with Crippen molar-refractivity contribution >= 4 is 5.97 Å². The topological polar surface area (TPSA) is 42.0 Å². The van der Waals surface area contributed by atoms with Crippen LogP contribution in [0, 0.1) is 0 Å². The summed E-state index contributed by atoms with van der Waals surface area (Å²) in [6.07, 6.45) is 1.98. The van der Waals surface area contributed by atoms with Crippen molar-refractivity contribution in [1.82, 2.24) is 9.80 Å². The lowest BCUT2D eigenvalue weighted by Crippen LogP contribution is -2.57. The Morgan fingerprint density at radius 3 is 2.47 bits per heavy atom. The van der Waals surface area contributed by atoms with E-state index in [1.54, 1.807) is 7.11 Å². The number of nitrogens with zero attached hydrogens (tertiary/aromatic N) is 2. The molecule has 0 aliphatic carbocycles. The summed E-state index contributed by atoms with van der Waals surface area (Å²) in [4.78, 5) is 16.9. The highest BCUT2D eigenvalue weighted by Crippen LogP contribution is 2.34. The van der Waals surface area contributed by atoms with Crippen molar-refractivity contribution < 1.29 is 14.3 Å². The van der Waals surface area contributed by atoms with Crippen LogP contribution in [-0.4, -0.2) is 61.7 Å². The lowest BCUT2D eigenvalue weighted by molar-refractivity contribution is 0.0306. The maximum Gasteiger partial charge on any atom is 0.337 e. The van der Waals surface area contributed by atoms with Gasteiger partial charge in [0.25, 0.3) is 0 Å². The number of piperazine rings is 1. The van der Waals surface area contributed by atoms with E-state index in [0.717, 1.165) is 30.9 Å². The Morgan fingerprint density at radius 2 is 1.83 bits per heavy atom. The van der Waals surface area contributed by atoms with Crippen molar-refractivity contribution in [2.45, 2.75) is 32.0 Å². The molecule has 30 heavy (non-hydrogen) atoms. The van der Waals surface area contributed by atoms with Gasteiger partial charge in [-0.1, -0.05) is 30.3 Å². The number of ether oxygens (including phenoxy) is 2. The Morgan fingerprint density at radius 1 is 1.10 bits per heavy atom. The molecule has 160 valence electrons. The Bertz CT molecular complexity index is 865. The van der Waals surface area contributed by atoms with Crippen molar-refractivity contribution in [2.75, 3.05) is 33.9 Å². The minimum atomic E-state index is -0.320. The number of esters is 1. The standard InChI is InChI=1S/C25H32N2O3/c1-6-14-26-16-19(3)27(17-18(26)2)24(22-8-7-9-23(15-22)29-4)20-10-12-21(13-11-20)25(28)30-5/h6-13,15,18-19,24H,1,14,16-17H2,2-5H3/t18-,19+,24+/m1/s1. The fourth-order valence-corrected chi connectivity index (χ4v) is 4.31. The number of carbonyl (C=O) groups is 1. The highest BCUT2D eigenvalue weighted by molar-refractivity contribution is 5.89. The van der Waals surface area contributed by atoms with E-state index in [0.29, 0.717) is 17.6 Å². The SMILES string of the molecule is C=CCN1C[C@H](C)N([C@@H](c2ccc(C(=O)OC)cc2)c2cccc(OC)c2)C[C@H]1C. The van der Waals surface area contributed by atoms with E-state index >= 15 is 0 Å². The molecule has 0 aromatic heterocycles. The number of carbonyl (C=O) groups excluding carboxylic acids is 1. The molecule has 5 nitrogen and oxygen atoms in total. The predicted molar refractivity (Wildman–Crippen MR) is 120 cm³/mol. The van der Waals surface area contributed by atoms with Crippen molar-refractivity contribution in [1.29, 1.82) is 0 Å². The summed E-state index contributed by atoms with van der Waals surface area (Å²) >= 11 is 0. The molecule has 2 aromatic carbocycles. The molecule has 1 fully saturated rings. The Kier molecular flexibility index (Phi) is 7.29. The molecule has 0 unspecified atom stereocenters. The van der Waals surface area contributed by atoms with Crippen LogP contribution in [0.15, 0.2) is 61.2 Å². The van der Waals surface area contributed by atoms with E-state index in [4.69, 9.17) is 9.47 Å². The molecule has 0 radical (unpaired) electrons. The molecule has 1 heterocycles. The first kappa shape index (κ1) is 22.1. The molecule has 1 aliphatic rings. The van der Waals surface area contributed by atoms with Crippen LogP contribution >= 0.6 is 0 Å². The smallest absolute Gasteiger partial charge is 0.337 e. The summed E-state index contributed by atoms with van der Waals surface area (Å²) in [6.45, 7) is 11.3. The summed E-state index contributed by atoms with van der Waals surface area (Å²) in [6, 6.07) is 16.8. The number of hydrogen-bond donors (Lipinski definition) is 0. The third-order valence-corrected chi connectivity index (χ3v) is 5.92. The van der Waals surface area contributed by atoms with Gasteiger partial charge in [-0.2, -0.15) is 0 Å². The summed E-state index contributed by atoms with van der Waals surface area (Å²) in [5, 5.41) is 0. The average molecular weight is 409 g/mol. The van der Waals surface area contributed by atoms with Gasteiger partial charge in [0, 0.05) is 31.7 Å². The van der Waals surface area contributed by atoms with Crippen molar-refractivity contribution in [3.8, 4) is 5.75 Å². The van der Waals surface area contributed by atoms with Crippen molar-refractivity contribution in [3.05, 3.63) is 77.9 Å². The van der Waals surface area contributed by atoms with Gasteiger partial charge >= 0.3 is 5.97 Å². The van der Waals surface area contributed by atoms with Gasteiger partial charge in [0.2, 0.25) is 0 Å². The molecule has 2 aromatic rings. The second kappa shape index (κ2) is 9.92. The van der Waals surface area contributed by atoms with Crippen LogP contribution < -0.4 is 4.74 Å². The van der Waals surface area contributed by atoms with Crippen molar-refractivity contribution in [3.63, 3.8) is 0 Å². The van der Waals surface area contributed by atoms with Gasteiger partial charge in [-0.15, -0.1) is 6.58 Å². The number of benzene rings is 2. The van der Waals surface area contributed by atoms with Crippen LogP contribution in [0.3, 0.4) is 0 Å². The number of rotatable bonds is 7. The summed E-state index contributed by atoms with van der Waals surface area (Å²) in [7, 11) is 3.10. The van der Waals surface area contributed by atoms with Gasteiger partial charge in [0.05, 0.1) is 25.8 Å². The molecular formula is C25H32N2O3. The fourth-order valence-electron chi connectivity index (χ4n) is 4.31. The zero-order valence-corrected chi connectivity index (χ0v) is 18.4. The summed E-state index contributed by atoms with van der Waals surface area (Å²) < 4.78 is 10.3. The first-order chi connectivity index (χ1) is 14.5. The fraction of sp³-hybridized carbons (Fsp3) is 0.400. The van der Waals surface area contributed by atoms with Crippen LogP contribution in [0.5, 0.6) is 5.75 Å². The lowest BCUT2D eigenvalue weighted by Gasteiger charge is -2.47. The summed E-state index contributed by atoms with van der Waals surface area (Å²) in [5.41, 5.74) is 2.88. The maximum atomic E-state index is 11.9. The largest absolute Gasteiger partial charge is 0.497 e. The lowest BCUT2D eigenvalue weighted by atomic mass is 9.93. The molecule has 5 heteroatoms. The third kappa shape index (κ3) is 4.74. The first-order valence-electron chi connectivity index (χ1n) is 10.4. The molecule has 3 atom stereocenters. The molecule has 0 spiro atoms. The Labute approximate surface area is 179 Å². The van der Waals surface area contributed by atoms with Gasteiger partial charge in [-0.3, -0.25) is 9.80 Å². The molecular weight excluding hydrogens is 376 g/mol. The van der Waals surface area contributed by atoms with Crippen LogP contribution in [0.2, 0.25) is 0 Å². The van der Waals surface area contributed by atoms with Crippen LogP contribution in [-0.2, 0) is 4.74 Å². The average Bonchev–Trinajstić information content (AvgIpc) is 2.77. The van der Waals surface area contributed by atoms with Gasteiger partial charge < -0.3 is 9.47 Å². The van der Waals surface area contributed by atoms with Crippen molar-refractivity contribution in [2.24, 2.45) is 0 Å². The normalized spacial score (nSPS) is 21.1. The zero-order valence-electron chi connectivity index (χ0n) is 18.4. The molecule has 3 rings (SSSR count). The first-order valence-corrected chi connectivity index (χ1v) is 10.4. The van der Waals surface area contributed by atoms with E-state index < -0.39 is 0 Å². The van der Waals surface area contributed by atoms with E-state index in [9.17, 15) is 4.79 Å². The van der Waals surface area contributed by atoms with Gasteiger partial charge in [-0.25, -0.2) is 4.79 Å². The van der Waals surface area contributed by atoms with E-state index in [2.05, 4.69) is 42.4 Å². The molecule has 1 saturated heterocycles. The molecule has 0 bridgehead atoms. The second-order valence-electron chi connectivity index (χ2n) is 7.93. The molecule has 0 amide bonds. The Balaban J connectivity index is 1.99. The minimum Gasteiger partial charge on any atom is -0.497 e. The number of hydrogen-bond acceptors (Lipinski definition) is 5. The molecule has 1 aliphatic heterocycles. The third-order valence-electron chi connectivity index (χ3n) is 5.92. The Hall–Kier alpha value is -2.63. The minimum absolute atomic E-state index is 0.0649. The quantitative estimate of drug-likeness (QED) is 0.509. The zero-order chi connectivity index (χ0) is 21.7. The van der Waals surface area contributed by atoms with Crippen LogP contribution in [0.25, 0.3) is 0 Å². The van der Waals surface area contributed by atoms with E-state index in [1.165, 1.54) is 12.7 Å². The monoisotopic (exact) mass is 408 g/mol. The van der Waals surface area contributed by atoms with Crippen LogP contribution in [0.1, 0.15) is 41.4 Å². The highest BCUT2D eigenvalue weighted by atomic mass is 16.5. The maximum absolute atomic E-state index is 11.9. The van der Waals surface area contributed by atoms with Gasteiger partial charge in [0.15, 0.2) is 0 Å². The number of methoxy groups -OCH3 is 2. The van der Waals surface area contributed by atoms with E-state index in [1.807, 2.05) is 42.5 Å². The predicted octanol–water partition coefficient (Wildman–Crippen LogP) is 4.15. The summed E-state index contributed by atoms with van der Waals surface area (Å²) in [5.74, 6) is 0.522. The highest BCUT2D eigenvalue weighted by Gasteiger charge is 2.34. The van der Waals surface area contributed by atoms with Gasteiger partial charge in [0.1, 0.15) is 5.75 Å². The molecule has 0 saturated carbocycles. The molecule has 0 N–H and O–H groups in total. The second-order valence-corrected chi connectivity index (χ2v) is 7.93. The van der Waals surface area contributed by atoms with Crippen LogP contribution in [0.4, 0.5) is 0 Å². The van der Waals surface area contributed by atoms with Gasteiger partial charge in [-0.05, 0) is 49.2 Å². The van der Waals surface area contributed by atoms with E-state index in [-0.39, 0.29) is 12.0 Å².